The van der Waals surface area contributed by atoms with Crippen molar-refractivity contribution in [1.29, 1.82) is 0 Å². The molecule has 1 aromatic rings. The minimum Gasteiger partial charge on any atom is -0.479 e. The number of ether oxygens (including phenoxy) is 2. The van der Waals surface area contributed by atoms with E-state index in [1.54, 1.807) is 22.6 Å². The summed E-state index contributed by atoms with van der Waals surface area (Å²) in [6, 6.07) is 2.84. The molecule has 0 amide bonds. The zero-order chi connectivity index (χ0) is 16.4. The number of halogens is 7. The summed E-state index contributed by atoms with van der Waals surface area (Å²) in [6.45, 7) is -0.730. The van der Waals surface area contributed by atoms with Gasteiger partial charge in [-0.3, -0.25) is 0 Å². The van der Waals surface area contributed by atoms with Crippen molar-refractivity contribution < 1.29 is 28.2 Å². The molecule has 11 heteroatoms. The van der Waals surface area contributed by atoms with Gasteiger partial charge in [-0.25, -0.2) is 4.79 Å². The lowest BCUT2D eigenvalue weighted by Gasteiger charge is -2.25. The molecule has 0 bridgehead atoms. The number of carbonyl (C=O) groups is 1. The smallest absolute Gasteiger partial charge is 0.446 e. The van der Waals surface area contributed by atoms with Gasteiger partial charge in [0.05, 0.1) is 3.57 Å². The number of benzene rings is 1. The summed E-state index contributed by atoms with van der Waals surface area (Å²) in [5.41, 5.74) is 0. The van der Waals surface area contributed by atoms with Crippen molar-refractivity contribution in [3.8, 4) is 11.5 Å². The Morgan fingerprint density at radius 1 is 1.29 bits per heavy atom. The maximum absolute atomic E-state index is 13.7. The van der Waals surface area contributed by atoms with E-state index >= 15 is 0 Å². The van der Waals surface area contributed by atoms with Gasteiger partial charge < -0.3 is 14.6 Å². The third-order valence-corrected chi connectivity index (χ3v) is 3.97. The molecule has 21 heavy (non-hydrogen) atoms. The summed E-state index contributed by atoms with van der Waals surface area (Å²) in [5, 5.41) is 8.59. The van der Waals surface area contributed by atoms with E-state index in [-0.39, 0.29) is 9.32 Å². The number of carboxylic acid groups (broad SMARTS) is 1. The van der Waals surface area contributed by atoms with Gasteiger partial charge in [0.2, 0.25) is 0 Å². The Hall–Kier alpha value is 0.480. The van der Waals surface area contributed by atoms with Crippen LogP contribution in [-0.2, 0) is 4.79 Å². The Labute approximate surface area is 160 Å². The lowest BCUT2D eigenvalue weighted by atomic mass is 10.3. The summed E-state index contributed by atoms with van der Waals surface area (Å²) in [7, 11) is 0. The predicted molar refractivity (Wildman–Crippen MR) is 90.9 cm³/mol. The fourth-order valence-electron chi connectivity index (χ4n) is 1.07. The third kappa shape index (κ3) is 5.56. The number of aliphatic carboxylic acids is 1. The molecule has 0 unspecified atom stereocenters. The van der Waals surface area contributed by atoms with Gasteiger partial charge in [0.1, 0.15) is 0 Å². The Morgan fingerprint density at radius 2 is 1.86 bits per heavy atom. The van der Waals surface area contributed by atoms with Gasteiger partial charge in [0.25, 0.3) is 3.79 Å². The van der Waals surface area contributed by atoms with Gasteiger partial charge in [-0.2, -0.15) is 8.78 Å². The number of carboxylic acids is 1. The molecule has 0 fully saturated rings. The zero-order valence-corrected chi connectivity index (χ0v) is 16.3. The molecule has 1 N–H and O–H groups in total. The van der Waals surface area contributed by atoms with Crippen molar-refractivity contribution in [2.75, 3.05) is 6.61 Å². The van der Waals surface area contributed by atoms with Crippen molar-refractivity contribution in [3.63, 3.8) is 0 Å². The molecule has 1 rings (SSSR count). The molecule has 0 saturated heterocycles. The van der Waals surface area contributed by atoms with Crippen LogP contribution in [0.5, 0.6) is 11.5 Å². The number of alkyl halides is 5. The molecular weight excluding hydrogens is 582 g/mol. The first-order chi connectivity index (χ1) is 9.44. The summed E-state index contributed by atoms with van der Waals surface area (Å²) in [4.78, 5) is 10.5. The summed E-state index contributed by atoms with van der Waals surface area (Å²) in [6.07, 6.45) is -4.13. The van der Waals surface area contributed by atoms with Crippen molar-refractivity contribution in [3.05, 3.63) is 19.3 Å². The monoisotopic (exact) mass is 586 g/mol. The van der Waals surface area contributed by atoms with Crippen LogP contribution in [0, 0.1) is 7.14 Å². The lowest BCUT2D eigenvalue weighted by molar-refractivity contribution is -0.173. The summed E-state index contributed by atoms with van der Waals surface area (Å²) in [5.74, 6) is -1.88. The molecule has 0 aliphatic rings. The highest BCUT2D eigenvalue weighted by atomic mass is 127. The molecule has 4 nitrogen and oxygen atoms in total. The van der Waals surface area contributed by atoms with E-state index in [2.05, 4.69) is 4.74 Å². The van der Waals surface area contributed by atoms with Crippen LogP contribution in [0.25, 0.3) is 0 Å². The summed E-state index contributed by atoms with van der Waals surface area (Å²) < 4.78 is 34.6. The molecule has 1 aromatic carbocycles. The van der Waals surface area contributed by atoms with Crippen LogP contribution < -0.4 is 9.47 Å². The lowest BCUT2D eigenvalue weighted by Crippen LogP contribution is -2.39. The highest BCUT2D eigenvalue weighted by Crippen LogP contribution is 2.46. The molecule has 0 radical (unpaired) electrons. The highest BCUT2D eigenvalue weighted by molar-refractivity contribution is 14.1. The topological polar surface area (TPSA) is 55.8 Å². The van der Waals surface area contributed by atoms with E-state index < -0.39 is 28.2 Å². The largest absolute Gasteiger partial charge is 0.479 e. The Bertz CT molecular complexity index is 552. The normalized spacial score (nSPS) is 12.1. The molecule has 0 atom stereocenters. The van der Waals surface area contributed by atoms with Gasteiger partial charge in [-0.15, -0.1) is 0 Å². The molecule has 0 aromatic heterocycles. The second kappa shape index (κ2) is 7.37. The van der Waals surface area contributed by atoms with Crippen LogP contribution in [0.3, 0.4) is 0 Å². The van der Waals surface area contributed by atoms with E-state index in [4.69, 9.17) is 44.6 Å². The maximum atomic E-state index is 13.7. The minimum atomic E-state index is -4.13. The standard InChI is InChI=1S/C10H5Cl3F2I2O4/c11-9(12,13)10(14,15)21-8-5(17)1-4(16)2-6(8)20-3-7(18)19/h1-2H,3H2,(H,18,19). The van der Waals surface area contributed by atoms with Crippen LogP contribution in [-0.4, -0.2) is 27.6 Å². The van der Waals surface area contributed by atoms with E-state index in [0.29, 0.717) is 3.57 Å². The fraction of sp³-hybridized carbons (Fsp3) is 0.300. The molecule has 0 heterocycles. The van der Waals surface area contributed by atoms with Crippen LogP contribution >= 0.6 is 80.0 Å². The minimum absolute atomic E-state index is 0.192. The van der Waals surface area contributed by atoms with Gasteiger partial charge in [0, 0.05) is 3.57 Å². The molecular formula is C10H5Cl3F2I2O4. The quantitative estimate of drug-likeness (QED) is 0.401. The van der Waals surface area contributed by atoms with Crippen LogP contribution in [0.2, 0.25) is 0 Å². The first-order valence-electron chi connectivity index (χ1n) is 4.91. The van der Waals surface area contributed by atoms with Crippen LogP contribution in [0.1, 0.15) is 0 Å². The Morgan fingerprint density at radius 3 is 2.33 bits per heavy atom. The Kier molecular flexibility index (Phi) is 6.85. The van der Waals surface area contributed by atoms with E-state index in [1.165, 1.54) is 12.1 Å². The Balaban J connectivity index is 3.18. The second-order valence-corrected chi connectivity index (χ2v) is 8.20. The van der Waals surface area contributed by atoms with Gasteiger partial charge in [-0.05, 0) is 57.3 Å². The predicted octanol–water partition coefficient (Wildman–Crippen LogP) is 4.70. The van der Waals surface area contributed by atoms with Crippen molar-refractivity contribution in [2.45, 2.75) is 9.90 Å². The molecule has 118 valence electrons. The maximum Gasteiger partial charge on any atom is 0.446 e. The first kappa shape index (κ1) is 19.5. The van der Waals surface area contributed by atoms with Crippen molar-refractivity contribution >= 4 is 86.0 Å². The number of hydrogen-bond acceptors (Lipinski definition) is 3. The molecule has 0 spiro atoms. The van der Waals surface area contributed by atoms with Gasteiger partial charge in [-0.1, -0.05) is 34.8 Å². The van der Waals surface area contributed by atoms with Crippen LogP contribution in [0.15, 0.2) is 12.1 Å². The number of hydrogen-bond donors (Lipinski definition) is 1. The van der Waals surface area contributed by atoms with E-state index in [1.807, 2.05) is 22.6 Å². The van der Waals surface area contributed by atoms with Crippen molar-refractivity contribution in [2.24, 2.45) is 0 Å². The zero-order valence-electron chi connectivity index (χ0n) is 9.68. The third-order valence-electron chi connectivity index (χ3n) is 1.89. The highest BCUT2D eigenvalue weighted by Gasteiger charge is 2.54. The average Bonchev–Trinajstić information content (AvgIpc) is 2.28. The van der Waals surface area contributed by atoms with E-state index in [0.717, 1.165) is 0 Å². The fourth-order valence-corrected chi connectivity index (χ4v) is 3.09. The van der Waals surface area contributed by atoms with Crippen molar-refractivity contribution in [1.82, 2.24) is 0 Å². The number of rotatable bonds is 5. The summed E-state index contributed by atoms with van der Waals surface area (Å²) >= 11 is 19.1. The van der Waals surface area contributed by atoms with Gasteiger partial charge in [0.15, 0.2) is 18.1 Å². The molecule has 0 aliphatic heterocycles. The second-order valence-electron chi connectivity index (χ2n) is 3.51. The average molecular weight is 587 g/mol. The first-order valence-corrected chi connectivity index (χ1v) is 8.20. The molecule has 0 aliphatic carbocycles. The molecule has 0 saturated carbocycles. The van der Waals surface area contributed by atoms with Crippen LogP contribution in [0.4, 0.5) is 8.78 Å². The van der Waals surface area contributed by atoms with Gasteiger partial charge >= 0.3 is 12.1 Å². The van der Waals surface area contributed by atoms with E-state index in [9.17, 15) is 13.6 Å². The SMILES string of the molecule is O=C(O)COc1cc(I)cc(I)c1OC(F)(F)C(Cl)(Cl)Cl.